The van der Waals surface area contributed by atoms with E-state index in [9.17, 15) is 9.90 Å². The molecule has 0 saturated carbocycles. The van der Waals surface area contributed by atoms with Crippen molar-refractivity contribution in [2.24, 2.45) is 0 Å². The molecule has 1 atom stereocenters. The predicted octanol–water partition coefficient (Wildman–Crippen LogP) is 3.03. The minimum absolute atomic E-state index is 0.0907. The molecule has 0 amide bonds. The number of ether oxygens (including phenoxy) is 2. The van der Waals surface area contributed by atoms with E-state index >= 15 is 0 Å². The van der Waals surface area contributed by atoms with Crippen molar-refractivity contribution < 1.29 is 36.1 Å². The maximum atomic E-state index is 11.3. The molecule has 0 rings (SSSR count). The van der Waals surface area contributed by atoms with Crippen molar-refractivity contribution >= 4 is 40.7 Å². The Kier molecular flexibility index (Phi) is 13.3. The average molecular weight is 499 g/mol. The zero-order chi connectivity index (χ0) is 23.6. The van der Waals surface area contributed by atoms with E-state index in [1.54, 1.807) is 6.92 Å². The largest absolute Gasteiger partial charge is 0.460 e. The van der Waals surface area contributed by atoms with Crippen LogP contribution in [0.4, 0.5) is 0 Å². The van der Waals surface area contributed by atoms with Crippen LogP contribution in [0.15, 0.2) is 12.2 Å². The summed E-state index contributed by atoms with van der Waals surface area (Å²) in [6.45, 7) is 22.5. The Labute approximate surface area is 187 Å². The molecule has 0 fully saturated rings. The van der Waals surface area contributed by atoms with Gasteiger partial charge in [0.2, 0.25) is 0 Å². The van der Waals surface area contributed by atoms with Crippen molar-refractivity contribution in [3.05, 3.63) is 12.2 Å². The van der Waals surface area contributed by atoms with Gasteiger partial charge in [-0.1, -0.05) is 6.58 Å². The lowest BCUT2D eigenvalue weighted by Gasteiger charge is -2.38. The first kappa shape index (κ1) is 29.8. The van der Waals surface area contributed by atoms with Crippen molar-refractivity contribution in [2.75, 3.05) is 26.4 Å². The molecular weight excluding hydrogens is 457 g/mol. The number of hydrogen-bond acceptors (Lipinski definition) is 8. The van der Waals surface area contributed by atoms with Crippen LogP contribution >= 0.6 is 0 Å². The summed E-state index contributed by atoms with van der Waals surface area (Å²) < 4.78 is 35.0. The Hall–Kier alpha value is -0.162. The van der Waals surface area contributed by atoms with Crippen LogP contribution in [0.25, 0.3) is 0 Å². The topological polar surface area (TPSA) is 92.7 Å². The minimum Gasteiger partial charge on any atom is -0.460 e. The summed E-state index contributed by atoms with van der Waals surface area (Å²) in [7, 11) is -8.09. The first-order chi connectivity index (χ1) is 13.6. The third-order valence-electron chi connectivity index (χ3n) is 3.45. The lowest BCUT2D eigenvalue weighted by atomic mass is 10.3. The number of carbonyl (C=O) groups excluding carboxylic acids is 1. The van der Waals surface area contributed by atoms with E-state index in [1.807, 2.05) is 26.2 Å². The van der Waals surface area contributed by atoms with Gasteiger partial charge in [0.15, 0.2) is 9.04 Å². The fraction of sp³-hybridized carbons (Fsp3) is 0.833. The highest BCUT2D eigenvalue weighted by atomic mass is 28.5. The van der Waals surface area contributed by atoms with Crippen LogP contribution in [-0.2, 0) is 31.0 Å². The van der Waals surface area contributed by atoms with Crippen molar-refractivity contribution in [3.63, 3.8) is 0 Å². The number of carbonyl (C=O) groups is 1. The van der Waals surface area contributed by atoms with E-state index in [1.165, 1.54) is 0 Å². The van der Waals surface area contributed by atoms with E-state index in [-0.39, 0.29) is 13.2 Å². The van der Waals surface area contributed by atoms with E-state index in [0.717, 1.165) is 0 Å². The summed E-state index contributed by atoms with van der Waals surface area (Å²) in [6, 6.07) is 0. The monoisotopic (exact) mass is 498 g/mol. The molecule has 1 N–H and O–H groups in total. The fourth-order valence-corrected chi connectivity index (χ4v) is 18.9. The van der Waals surface area contributed by atoms with E-state index in [4.69, 9.17) is 26.2 Å². The highest BCUT2D eigenvalue weighted by molar-refractivity contribution is 6.86. The maximum Gasteiger partial charge on any atom is 0.333 e. The first-order valence-corrected chi connectivity index (χ1v) is 21.6. The van der Waals surface area contributed by atoms with Gasteiger partial charge < -0.3 is 31.4 Å². The lowest BCUT2D eigenvalue weighted by Crippen LogP contribution is -2.55. The van der Waals surface area contributed by atoms with Gasteiger partial charge in [0.1, 0.15) is 12.7 Å². The van der Waals surface area contributed by atoms with Crippen molar-refractivity contribution in [3.8, 4) is 0 Å². The summed E-state index contributed by atoms with van der Waals surface area (Å²) in [6.07, 6.45) is -0.195. The fourth-order valence-electron chi connectivity index (χ4n) is 2.87. The van der Waals surface area contributed by atoms with Gasteiger partial charge >= 0.3 is 31.7 Å². The van der Waals surface area contributed by atoms with Crippen LogP contribution in [-0.4, -0.2) is 78.3 Å². The predicted molar refractivity (Wildman–Crippen MR) is 128 cm³/mol. The number of hydrogen-bond donors (Lipinski definition) is 1. The molecule has 0 aromatic heterocycles. The zero-order valence-electron chi connectivity index (χ0n) is 20.2. The number of aliphatic hydroxyl groups excluding tert-OH is 1. The number of rotatable bonds is 16. The highest BCUT2D eigenvalue weighted by Gasteiger charge is 2.41. The summed E-state index contributed by atoms with van der Waals surface area (Å²) in [5.41, 5.74) is 0.297. The molecule has 8 nitrogen and oxygen atoms in total. The molecule has 0 bridgehead atoms. The minimum atomic E-state index is -2.37. The van der Waals surface area contributed by atoms with Gasteiger partial charge in [-0.3, -0.25) is 0 Å². The van der Waals surface area contributed by atoms with Gasteiger partial charge in [0, 0.05) is 18.8 Å². The highest BCUT2D eigenvalue weighted by Crippen LogP contribution is 2.22. The van der Waals surface area contributed by atoms with Crippen molar-refractivity contribution in [1.29, 1.82) is 0 Å². The second kappa shape index (κ2) is 13.4. The molecule has 0 aromatic rings. The Morgan fingerprint density at radius 3 is 2.07 bits per heavy atom. The van der Waals surface area contributed by atoms with Gasteiger partial charge in [0.25, 0.3) is 0 Å². The second-order valence-electron chi connectivity index (χ2n) is 8.88. The molecule has 0 heterocycles. The molecule has 0 spiro atoms. The molecule has 178 valence electrons. The van der Waals surface area contributed by atoms with Gasteiger partial charge in [-0.2, -0.15) is 0 Å². The van der Waals surface area contributed by atoms with Gasteiger partial charge in [-0.05, 0) is 65.7 Å². The molecule has 0 aliphatic heterocycles. The van der Waals surface area contributed by atoms with Crippen LogP contribution in [0.5, 0.6) is 0 Å². The zero-order valence-corrected chi connectivity index (χ0v) is 24.4. The quantitative estimate of drug-likeness (QED) is 0.150. The molecule has 0 saturated heterocycles. The van der Waals surface area contributed by atoms with Crippen LogP contribution in [0, 0.1) is 0 Å². The van der Waals surface area contributed by atoms with Crippen LogP contribution in [0.3, 0.4) is 0 Å². The van der Waals surface area contributed by atoms with Crippen LogP contribution in [0.2, 0.25) is 52.4 Å². The second-order valence-corrected chi connectivity index (χ2v) is 22.2. The van der Waals surface area contributed by atoms with Gasteiger partial charge in [-0.15, -0.1) is 0 Å². The summed E-state index contributed by atoms with van der Waals surface area (Å²) in [5.74, 6) is -0.519. The lowest BCUT2D eigenvalue weighted by molar-refractivity contribution is -0.143. The first-order valence-electron chi connectivity index (χ1n) is 10.4. The van der Waals surface area contributed by atoms with Crippen molar-refractivity contribution in [1.82, 2.24) is 0 Å². The maximum absolute atomic E-state index is 11.3. The van der Waals surface area contributed by atoms with E-state index < -0.39 is 46.8 Å². The Morgan fingerprint density at radius 2 is 1.53 bits per heavy atom. The summed E-state index contributed by atoms with van der Waals surface area (Å²) >= 11 is 0. The number of esters is 1. The molecule has 1 unspecified atom stereocenters. The van der Waals surface area contributed by atoms with Crippen molar-refractivity contribution in [2.45, 2.75) is 71.8 Å². The molecule has 0 aromatic carbocycles. The van der Waals surface area contributed by atoms with E-state index in [0.29, 0.717) is 25.2 Å². The standard InChI is InChI=1S/C18H42O8Si4/c1-16(2)18(20)22-15-17(19)14-21-12-11-13-23-28(5,6)25-30(9,10)26-29(7,8)24-27(3)4/h17,19,27H,1,11-15H2,2-10H3. The molecule has 0 aliphatic rings. The Bertz CT molecular complexity index is 540. The Morgan fingerprint density at radius 1 is 0.967 bits per heavy atom. The molecule has 30 heavy (non-hydrogen) atoms. The molecular formula is C18H42O8Si4. The SMILES string of the molecule is C=C(C)C(=O)OCC(O)COCCCO[Si](C)(C)O[Si](C)(C)O[Si](C)(C)O[SiH](C)C. The molecule has 0 aliphatic carbocycles. The van der Waals surface area contributed by atoms with Gasteiger partial charge in [0.05, 0.1) is 6.61 Å². The van der Waals surface area contributed by atoms with Crippen LogP contribution < -0.4 is 0 Å². The van der Waals surface area contributed by atoms with Gasteiger partial charge in [-0.25, -0.2) is 4.79 Å². The third kappa shape index (κ3) is 15.6. The Balaban J connectivity index is 4.14. The summed E-state index contributed by atoms with van der Waals surface area (Å²) in [4.78, 5) is 11.3. The third-order valence-corrected chi connectivity index (χ3v) is 16.4. The molecule has 12 heteroatoms. The van der Waals surface area contributed by atoms with E-state index in [2.05, 4.69) is 32.8 Å². The smallest absolute Gasteiger partial charge is 0.333 e. The summed E-state index contributed by atoms with van der Waals surface area (Å²) in [5, 5.41) is 9.75. The normalized spacial score (nSPS) is 14.1. The average Bonchev–Trinajstić information content (AvgIpc) is 2.51. The molecule has 0 radical (unpaired) electrons. The number of aliphatic hydroxyl groups is 1. The van der Waals surface area contributed by atoms with Crippen LogP contribution in [0.1, 0.15) is 13.3 Å².